The molecule has 1 atom stereocenters. The van der Waals surface area contributed by atoms with Crippen LogP contribution in [0.5, 0.6) is 0 Å². The van der Waals surface area contributed by atoms with Crippen molar-refractivity contribution in [3.8, 4) is 0 Å². The van der Waals surface area contributed by atoms with Gasteiger partial charge in [-0.25, -0.2) is 4.79 Å². The van der Waals surface area contributed by atoms with Crippen molar-refractivity contribution in [2.75, 3.05) is 0 Å². The van der Waals surface area contributed by atoms with E-state index in [9.17, 15) is 19.5 Å². The van der Waals surface area contributed by atoms with Crippen LogP contribution in [0.3, 0.4) is 0 Å². The standard InChI is InChI=1S/C15H26N2O7/c1-13(2)5-9(16)6-14(3,4)17(13)24-11(20)8-15(23,12(21)22)7-10(18)19/h9,23H,5-8,16H2,1-4H3,(H,18,19)(H,21,22). The van der Waals surface area contributed by atoms with Crippen LogP contribution in [0.4, 0.5) is 0 Å². The zero-order valence-electron chi connectivity index (χ0n) is 14.4. The minimum Gasteiger partial charge on any atom is -0.481 e. The molecule has 1 unspecified atom stereocenters. The van der Waals surface area contributed by atoms with Gasteiger partial charge in [-0.1, -0.05) is 0 Å². The molecule has 24 heavy (non-hydrogen) atoms. The molecule has 1 rings (SSSR count). The van der Waals surface area contributed by atoms with Gasteiger partial charge in [0.25, 0.3) is 0 Å². The Hall–Kier alpha value is -1.71. The van der Waals surface area contributed by atoms with Gasteiger partial charge in [0.1, 0.15) is 0 Å². The monoisotopic (exact) mass is 346 g/mol. The maximum absolute atomic E-state index is 12.2. The predicted octanol–water partition coefficient (Wildman–Crippen LogP) is 0.105. The molecule has 0 aromatic heterocycles. The van der Waals surface area contributed by atoms with E-state index in [0.717, 1.165) is 0 Å². The van der Waals surface area contributed by atoms with Gasteiger partial charge in [-0.2, -0.15) is 0 Å². The normalized spacial score (nSPS) is 23.2. The first-order valence-corrected chi connectivity index (χ1v) is 7.64. The third-order valence-corrected chi connectivity index (χ3v) is 4.09. The van der Waals surface area contributed by atoms with Gasteiger partial charge in [-0.15, -0.1) is 5.06 Å². The first-order valence-electron chi connectivity index (χ1n) is 7.64. The second kappa shape index (κ2) is 6.66. The first-order chi connectivity index (χ1) is 10.7. The molecule has 5 N–H and O–H groups in total. The summed E-state index contributed by atoms with van der Waals surface area (Å²) in [7, 11) is 0. The quantitative estimate of drug-likeness (QED) is 0.525. The molecular weight excluding hydrogens is 320 g/mol. The molecule has 1 heterocycles. The van der Waals surface area contributed by atoms with E-state index in [2.05, 4.69) is 0 Å². The highest BCUT2D eigenvalue weighted by Crippen LogP contribution is 2.38. The average molecular weight is 346 g/mol. The third kappa shape index (κ3) is 4.65. The zero-order chi connectivity index (χ0) is 18.9. The van der Waals surface area contributed by atoms with Crippen molar-refractivity contribution < 1.29 is 34.5 Å². The summed E-state index contributed by atoms with van der Waals surface area (Å²) in [5.74, 6) is -4.34. The van der Waals surface area contributed by atoms with Gasteiger partial charge in [0.15, 0.2) is 5.60 Å². The van der Waals surface area contributed by atoms with Crippen LogP contribution in [-0.2, 0) is 19.2 Å². The molecule has 0 aromatic carbocycles. The van der Waals surface area contributed by atoms with E-state index in [-0.39, 0.29) is 6.04 Å². The number of carbonyl (C=O) groups excluding carboxylic acids is 1. The lowest BCUT2D eigenvalue weighted by Gasteiger charge is -2.52. The van der Waals surface area contributed by atoms with E-state index < -0.39 is 47.4 Å². The lowest BCUT2D eigenvalue weighted by Crippen LogP contribution is -2.63. The van der Waals surface area contributed by atoms with Crippen LogP contribution >= 0.6 is 0 Å². The van der Waals surface area contributed by atoms with E-state index in [0.29, 0.717) is 12.8 Å². The molecule has 1 saturated heterocycles. The zero-order valence-corrected chi connectivity index (χ0v) is 14.4. The molecule has 0 spiro atoms. The maximum atomic E-state index is 12.2. The number of hydroxylamine groups is 2. The van der Waals surface area contributed by atoms with Crippen molar-refractivity contribution in [1.82, 2.24) is 5.06 Å². The number of hydrogen-bond acceptors (Lipinski definition) is 7. The van der Waals surface area contributed by atoms with Crippen molar-refractivity contribution >= 4 is 17.9 Å². The van der Waals surface area contributed by atoms with Crippen molar-refractivity contribution in [1.29, 1.82) is 0 Å². The highest BCUT2D eigenvalue weighted by atomic mass is 16.7. The summed E-state index contributed by atoms with van der Waals surface area (Å²) in [6.07, 6.45) is -0.956. The lowest BCUT2D eigenvalue weighted by atomic mass is 9.79. The Morgan fingerprint density at radius 3 is 1.96 bits per heavy atom. The molecule has 1 fully saturated rings. The van der Waals surface area contributed by atoms with Crippen molar-refractivity contribution in [3.05, 3.63) is 0 Å². The highest BCUT2D eigenvalue weighted by Gasteiger charge is 2.48. The molecule has 0 radical (unpaired) electrons. The number of rotatable bonds is 6. The molecule has 0 aliphatic carbocycles. The molecule has 0 amide bonds. The lowest BCUT2D eigenvalue weighted by molar-refractivity contribution is -0.269. The number of aliphatic carboxylic acids is 2. The van der Waals surface area contributed by atoms with E-state index in [1.807, 2.05) is 27.7 Å². The predicted molar refractivity (Wildman–Crippen MR) is 82.8 cm³/mol. The fraction of sp³-hybridized carbons (Fsp3) is 0.800. The summed E-state index contributed by atoms with van der Waals surface area (Å²) in [5.41, 5.74) is 2.12. The minimum atomic E-state index is -2.72. The highest BCUT2D eigenvalue weighted by molar-refractivity contribution is 5.88. The van der Waals surface area contributed by atoms with Gasteiger partial charge in [-0.05, 0) is 40.5 Å². The largest absolute Gasteiger partial charge is 0.481 e. The fourth-order valence-corrected chi connectivity index (χ4v) is 3.42. The van der Waals surface area contributed by atoms with Crippen molar-refractivity contribution in [2.24, 2.45) is 5.73 Å². The Bertz CT molecular complexity index is 514. The van der Waals surface area contributed by atoms with E-state index in [1.165, 1.54) is 5.06 Å². The van der Waals surface area contributed by atoms with Gasteiger partial charge >= 0.3 is 17.9 Å². The molecule has 1 aliphatic heterocycles. The topological polar surface area (TPSA) is 150 Å². The molecule has 9 heteroatoms. The SMILES string of the molecule is CC1(C)CC(N)CC(C)(C)N1OC(=O)CC(O)(CC(=O)O)C(=O)O. The Kier molecular flexibility index (Phi) is 5.64. The molecule has 0 aromatic rings. The van der Waals surface area contributed by atoms with E-state index >= 15 is 0 Å². The van der Waals surface area contributed by atoms with Gasteiger partial charge < -0.3 is 25.9 Å². The van der Waals surface area contributed by atoms with Gasteiger partial charge in [0.05, 0.1) is 23.9 Å². The second-order valence-corrected chi connectivity index (χ2v) is 7.63. The van der Waals surface area contributed by atoms with Crippen LogP contribution < -0.4 is 5.73 Å². The Morgan fingerprint density at radius 1 is 1.12 bits per heavy atom. The molecule has 1 aliphatic rings. The van der Waals surface area contributed by atoms with Crippen molar-refractivity contribution in [2.45, 2.75) is 76.1 Å². The van der Waals surface area contributed by atoms with E-state index in [4.69, 9.17) is 20.8 Å². The summed E-state index contributed by atoms with van der Waals surface area (Å²) in [5, 5.41) is 29.1. The summed E-state index contributed by atoms with van der Waals surface area (Å²) in [4.78, 5) is 39.3. The van der Waals surface area contributed by atoms with Crippen LogP contribution in [-0.4, -0.2) is 61.0 Å². The van der Waals surface area contributed by atoms with Crippen LogP contribution in [0.2, 0.25) is 0 Å². The number of aliphatic hydroxyl groups is 1. The summed E-state index contributed by atoms with van der Waals surface area (Å²) in [6, 6.07) is -0.0760. The van der Waals surface area contributed by atoms with E-state index in [1.54, 1.807) is 0 Å². The molecule has 138 valence electrons. The number of carbonyl (C=O) groups is 3. The summed E-state index contributed by atoms with van der Waals surface area (Å²) in [6.45, 7) is 7.34. The number of carboxylic acids is 2. The second-order valence-electron chi connectivity index (χ2n) is 7.63. The fourth-order valence-electron chi connectivity index (χ4n) is 3.42. The number of nitrogens with zero attached hydrogens (tertiary/aromatic N) is 1. The number of carboxylic acid groups (broad SMARTS) is 2. The van der Waals surface area contributed by atoms with Crippen LogP contribution in [0, 0.1) is 0 Å². The van der Waals surface area contributed by atoms with Crippen LogP contribution in [0.1, 0.15) is 53.4 Å². The third-order valence-electron chi connectivity index (χ3n) is 4.09. The minimum absolute atomic E-state index is 0.0760. The smallest absolute Gasteiger partial charge is 0.336 e. The Labute approximate surface area is 140 Å². The Balaban J connectivity index is 2.92. The van der Waals surface area contributed by atoms with Crippen LogP contribution in [0.25, 0.3) is 0 Å². The number of piperidine rings is 1. The maximum Gasteiger partial charge on any atom is 0.336 e. The molecule has 0 saturated carbocycles. The number of nitrogens with two attached hydrogens (primary N) is 1. The van der Waals surface area contributed by atoms with Gasteiger partial charge in [0, 0.05) is 6.04 Å². The van der Waals surface area contributed by atoms with Crippen molar-refractivity contribution in [3.63, 3.8) is 0 Å². The number of hydrogen-bond donors (Lipinski definition) is 4. The summed E-state index contributed by atoms with van der Waals surface area (Å²) < 4.78 is 0. The molecular formula is C15H26N2O7. The average Bonchev–Trinajstić information content (AvgIpc) is 2.31. The molecule has 0 bridgehead atoms. The summed E-state index contributed by atoms with van der Waals surface area (Å²) >= 11 is 0. The molecule has 9 nitrogen and oxygen atoms in total. The van der Waals surface area contributed by atoms with Gasteiger partial charge in [-0.3, -0.25) is 9.59 Å². The van der Waals surface area contributed by atoms with Gasteiger partial charge in [0.2, 0.25) is 0 Å². The first kappa shape index (κ1) is 20.3. The van der Waals surface area contributed by atoms with Crippen LogP contribution in [0.15, 0.2) is 0 Å². The Morgan fingerprint density at radius 2 is 1.58 bits per heavy atom.